The van der Waals surface area contributed by atoms with Crippen molar-refractivity contribution in [3.63, 3.8) is 0 Å². The maximum absolute atomic E-state index is 6.39. The molecule has 2 aliphatic rings. The van der Waals surface area contributed by atoms with E-state index >= 15 is 0 Å². The molecule has 1 heterocycles. The van der Waals surface area contributed by atoms with E-state index < -0.39 is 5.41 Å². The zero-order chi connectivity index (χ0) is 40.1. The molecule has 0 bridgehead atoms. The summed E-state index contributed by atoms with van der Waals surface area (Å²) in [5, 5.41) is 4.69. The Morgan fingerprint density at radius 1 is 0.311 bits per heavy atom. The van der Waals surface area contributed by atoms with Crippen LogP contribution in [-0.4, -0.2) is 0 Å². The number of para-hydroxylation sites is 2. The Morgan fingerprint density at radius 2 is 0.836 bits per heavy atom. The predicted molar refractivity (Wildman–Crippen MR) is 253 cm³/mol. The molecule has 2 aliphatic carbocycles. The highest BCUT2D eigenvalue weighted by molar-refractivity contribution is 6.07. The van der Waals surface area contributed by atoms with Gasteiger partial charge in [-0.1, -0.05) is 170 Å². The zero-order valence-corrected chi connectivity index (χ0v) is 33.2. The molecule has 13 rings (SSSR count). The van der Waals surface area contributed by atoms with Gasteiger partial charge in [-0.05, 0) is 127 Å². The first-order chi connectivity index (χ1) is 30.3. The van der Waals surface area contributed by atoms with E-state index in [1.54, 1.807) is 0 Å². The number of fused-ring (bicyclic) bond motifs is 16. The number of hydrogen-bond donors (Lipinski definition) is 0. The molecule has 1 atom stereocenters. The molecule has 2 heteroatoms. The molecule has 10 aromatic carbocycles. The van der Waals surface area contributed by atoms with Crippen LogP contribution in [0.1, 0.15) is 22.3 Å². The molecule has 2 nitrogen and oxygen atoms in total. The average molecular weight is 776 g/mol. The topological polar surface area (TPSA) is 16.4 Å². The van der Waals surface area contributed by atoms with Crippen molar-refractivity contribution in [1.29, 1.82) is 0 Å². The number of furan rings is 1. The molecule has 61 heavy (non-hydrogen) atoms. The van der Waals surface area contributed by atoms with E-state index in [0.29, 0.717) is 0 Å². The van der Waals surface area contributed by atoms with Gasteiger partial charge >= 0.3 is 0 Å². The number of rotatable bonds is 4. The summed E-state index contributed by atoms with van der Waals surface area (Å²) in [7, 11) is 0. The Kier molecular flexibility index (Phi) is 7.26. The molecular weight excluding hydrogens is 739 g/mol. The van der Waals surface area contributed by atoms with Crippen molar-refractivity contribution in [2.75, 3.05) is 4.90 Å². The van der Waals surface area contributed by atoms with Crippen molar-refractivity contribution in [1.82, 2.24) is 0 Å². The van der Waals surface area contributed by atoms with Crippen LogP contribution in [0.3, 0.4) is 0 Å². The van der Waals surface area contributed by atoms with Crippen LogP contribution in [0.2, 0.25) is 0 Å². The number of nitrogens with zero attached hydrogens (tertiary/aromatic N) is 1. The van der Waals surface area contributed by atoms with E-state index in [1.165, 1.54) is 66.4 Å². The van der Waals surface area contributed by atoms with E-state index in [0.717, 1.165) is 50.1 Å². The molecule has 11 aromatic rings. The van der Waals surface area contributed by atoms with Crippen molar-refractivity contribution in [2.24, 2.45) is 0 Å². The highest BCUT2D eigenvalue weighted by Gasteiger charge is 2.50. The quantitative estimate of drug-likeness (QED) is 0.177. The van der Waals surface area contributed by atoms with Gasteiger partial charge in [0.25, 0.3) is 0 Å². The van der Waals surface area contributed by atoms with Crippen molar-refractivity contribution >= 4 is 49.8 Å². The lowest BCUT2D eigenvalue weighted by Gasteiger charge is -2.37. The molecule has 0 saturated heterocycles. The van der Waals surface area contributed by atoms with E-state index in [9.17, 15) is 0 Å². The van der Waals surface area contributed by atoms with Crippen LogP contribution in [0.4, 0.5) is 17.1 Å². The maximum atomic E-state index is 6.39. The fourth-order valence-corrected chi connectivity index (χ4v) is 10.7. The lowest BCUT2D eigenvalue weighted by Crippen LogP contribution is -2.29. The van der Waals surface area contributed by atoms with Crippen LogP contribution in [0.5, 0.6) is 0 Å². The average Bonchev–Trinajstić information content (AvgIpc) is 3.81. The SMILES string of the molecule is c1ccc(-c2ccccc2N(c2ccc3c(c2)C2(c4ccccc4-c4ccccc4-3)c3ccccc3-c3cc4ccccc4cc32)c2ccc3oc4ccccc4c3c2)cc1. The second kappa shape index (κ2) is 13.0. The summed E-state index contributed by atoms with van der Waals surface area (Å²) >= 11 is 0. The minimum Gasteiger partial charge on any atom is -0.456 e. The van der Waals surface area contributed by atoms with E-state index in [-0.39, 0.29) is 0 Å². The molecule has 1 spiro atoms. The van der Waals surface area contributed by atoms with E-state index in [1.807, 2.05) is 6.07 Å². The minimum absolute atomic E-state index is 0.633. The van der Waals surface area contributed by atoms with Gasteiger partial charge in [0.15, 0.2) is 0 Å². The van der Waals surface area contributed by atoms with Gasteiger partial charge in [-0.15, -0.1) is 0 Å². The minimum atomic E-state index is -0.633. The Morgan fingerprint density at radius 3 is 1.61 bits per heavy atom. The van der Waals surface area contributed by atoms with Crippen molar-refractivity contribution in [3.05, 3.63) is 247 Å². The Bertz CT molecular complexity index is 3560. The maximum Gasteiger partial charge on any atom is 0.135 e. The van der Waals surface area contributed by atoms with Crippen LogP contribution in [0.15, 0.2) is 229 Å². The largest absolute Gasteiger partial charge is 0.456 e. The fraction of sp³-hybridized carbons (Fsp3) is 0.0169. The number of anilines is 3. The molecular formula is C59H37NO. The second-order valence-electron chi connectivity index (χ2n) is 16.4. The van der Waals surface area contributed by atoms with Crippen molar-refractivity contribution < 1.29 is 4.42 Å². The summed E-state index contributed by atoms with van der Waals surface area (Å²) in [5.74, 6) is 0. The van der Waals surface area contributed by atoms with Gasteiger partial charge in [0.1, 0.15) is 11.2 Å². The molecule has 1 unspecified atom stereocenters. The molecule has 0 N–H and O–H groups in total. The number of hydrogen-bond acceptors (Lipinski definition) is 2. The first kappa shape index (κ1) is 34.0. The lowest BCUT2D eigenvalue weighted by atomic mass is 9.65. The molecule has 0 amide bonds. The van der Waals surface area contributed by atoms with Crippen LogP contribution < -0.4 is 4.90 Å². The van der Waals surface area contributed by atoms with Gasteiger partial charge in [0.05, 0.1) is 11.1 Å². The predicted octanol–water partition coefficient (Wildman–Crippen LogP) is 15.9. The third-order valence-corrected chi connectivity index (χ3v) is 13.3. The third-order valence-electron chi connectivity index (χ3n) is 13.3. The normalized spacial score (nSPS) is 14.6. The standard InChI is InChI=1S/C59H37NO/c1-2-16-38(17-3-1)43-20-10-14-28-56(43)60(41-31-33-58-51(36-41)49-25-11-15-29-57(49)61-58)42-30-32-48-45-22-7-6-21-44(45)46-23-8-12-26-52(46)59(55(48)37-42)53-27-13-9-24-47(53)50-34-39-18-4-5-19-40(39)35-54(50)59/h1-37H. The Labute approximate surface area is 354 Å². The highest BCUT2D eigenvalue weighted by atomic mass is 16.3. The van der Waals surface area contributed by atoms with Crippen molar-refractivity contribution in [3.8, 4) is 44.5 Å². The summed E-state index contributed by atoms with van der Waals surface area (Å²) in [6, 6.07) is 82.8. The Hall–Kier alpha value is -7.94. The van der Waals surface area contributed by atoms with E-state index in [2.05, 4.69) is 223 Å². The molecule has 0 aliphatic heterocycles. The van der Waals surface area contributed by atoms with Crippen LogP contribution >= 0.6 is 0 Å². The third kappa shape index (κ3) is 4.85. The van der Waals surface area contributed by atoms with E-state index in [4.69, 9.17) is 4.42 Å². The molecule has 284 valence electrons. The number of benzene rings is 10. The van der Waals surface area contributed by atoms with Crippen LogP contribution in [0.25, 0.3) is 77.2 Å². The van der Waals surface area contributed by atoms with Gasteiger partial charge in [-0.2, -0.15) is 0 Å². The molecule has 0 saturated carbocycles. The van der Waals surface area contributed by atoms with Crippen LogP contribution in [-0.2, 0) is 5.41 Å². The van der Waals surface area contributed by atoms with Gasteiger partial charge in [0.2, 0.25) is 0 Å². The van der Waals surface area contributed by atoms with Gasteiger partial charge < -0.3 is 9.32 Å². The smallest absolute Gasteiger partial charge is 0.135 e. The second-order valence-corrected chi connectivity index (χ2v) is 16.4. The van der Waals surface area contributed by atoms with Gasteiger partial charge in [-0.25, -0.2) is 0 Å². The molecule has 1 aromatic heterocycles. The first-order valence-electron chi connectivity index (χ1n) is 21.1. The van der Waals surface area contributed by atoms with Crippen LogP contribution in [0, 0.1) is 0 Å². The lowest BCUT2D eigenvalue weighted by molar-refractivity contribution is 0.669. The Balaban J connectivity index is 1.17. The summed E-state index contributed by atoms with van der Waals surface area (Å²) in [6.07, 6.45) is 0. The highest BCUT2D eigenvalue weighted by Crippen LogP contribution is 2.62. The fourth-order valence-electron chi connectivity index (χ4n) is 10.7. The van der Waals surface area contributed by atoms with Gasteiger partial charge in [0, 0.05) is 27.7 Å². The molecule has 0 radical (unpaired) electrons. The molecule has 0 fully saturated rings. The summed E-state index contributed by atoms with van der Waals surface area (Å²) < 4.78 is 6.39. The first-order valence-corrected chi connectivity index (χ1v) is 21.1. The van der Waals surface area contributed by atoms with Crippen molar-refractivity contribution in [2.45, 2.75) is 5.41 Å². The summed E-state index contributed by atoms with van der Waals surface area (Å²) in [4.78, 5) is 2.46. The monoisotopic (exact) mass is 775 g/mol. The zero-order valence-electron chi connectivity index (χ0n) is 33.2. The van der Waals surface area contributed by atoms with Gasteiger partial charge in [-0.3, -0.25) is 0 Å². The summed E-state index contributed by atoms with van der Waals surface area (Å²) in [5.41, 5.74) is 19.4. The summed E-state index contributed by atoms with van der Waals surface area (Å²) in [6.45, 7) is 0.